The van der Waals surface area contributed by atoms with Crippen LogP contribution in [0.3, 0.4) is 0 Å². The average Bonchev–Trinajstić information content (AvgIpc) is 2.44. The monoisotopic (exact) mass is 272 g/mol. The van der Waals surface area contributed by atoms with E-state index in [9.17, 15) is 5.11 Å². The minimum Gasteiger partial charge on any atom is -0.508 e. The Bertz CT molecular complexity index is 482. The molecule has 1 atom stereocenters. The second kappa shape index (κ2) is 5.61. The molecule has 1 aromatic rings. The Hall–Kier alpha value is -1.28. The predicted molar refractivity (Wildman–Crippen MR) is 80.7 cm³/mol. The first-order valence-corrected chi connectivity index (χ1v) is 7.83. The van der Waals surface area contributed by atoms with Gasteiger partial charge in [-0.3, -0.25) is 0 Å². The van der Waals surface area contributed by atoms with E-state index in [1.54, 1.807) is 6.07 Å². The molecule has 0 aliphatic heterocycles. The van der Waals surface area contributed by atoms with Crippen molar-refractivity contribution >= 4 is 0 Å². The summed E-state index contributed by atoms with van der Waals surface area (Å²) in [5.74, 6) is 1.62. The van der Waals surface area contributed by atoms with Crippen LogP contribution in [0.15, 0.2) is 36.4 Å². The van der Waals surface area contributed by atoms with Gasteiger partial charge in [0.25, 0.3) is 0 Å². The molecule has 3 rings (SSSR count). The lowest BCUT2D eigenvalue weighted by molar-refractivity contribution is 0.0892. The molecule has 0 amide bonds. The standard InChI is InChI=1S/C18H24O2/c19-12-4-9-17-14-5-2-10-18(17,11-3-6-14)15-7-1-8-16(20)13-15/h1,4,7-9,13-14,17,19-20H,2-3,5-6,10-12H2/b9-4+/t14-,17-,18+/m0/s1. The Morgan fingerprint density at radius 1 is 1.20 bits per heavy atom. The number of benzene rings is 1. The second-order valence-electron chi connectivity index (χ2n) is 6.39. The van der Waals surface area contributed by atoms with Gasteiger partial charge in [-0.05, 0) is 55.2 Å². The molecule has 2 saturated carbocycles. The van der Waals surface area contributed by atoms with E-state index in [2.05, 4.69) is 12.1 Å². The van der Waals surface area contributed by atoms with Crippen molar-refractivity contribution in [2.75, 3.05) is 6.61 Å². The maximum Gasteiger partial charge on any atom is 0.115 e. The molecule has 0 aromatic heterocycles. The van der Waals surface area contributed by atoms with Crippen molar-refractivity contribution in [3.8, 4) is 5.75 Å². The minimum atomic E-state index is 0.124. The summed E-state index contributed by atoms with van der Waals surface area (Å²) >= 11 is 0. The number of hydrogen-bond acceptors (Lipinski definition) is 2. The zero-order valence-electron chi connectivity index (χ0n) is 12.0. The van der Waals surface area contributed by atoms with E-state index in [0.717, 1.165) is 5.92 Å². The summed E-state index contributed by atoms with van der Waals surface area (Å²) in [5, 5.41) is 19.0. The Balaban J connectivity index is 2.03. The Labute approximate surface area is 121 Å². The van der Waals surface area contributed by atoms with Gasteiger partial charge in [0.15, 0.2) is 0 Å². The first-order valence-electron chi connectivity index (χ1n) is 7.83. The summed E-state index contributed by atoms with van der Waals surface area (Å²) < 4.78 is 0. The number of phenolic OH excluding ortho intramolecular Hbond substituents is 1. The fraction of sp³-hybridized carbons (Fsp3) is 0.556. The fourth-order valence-electron chi connectivity index (χ4n) is 4.62. The Morgan fingerprint density at radius 3 is 2.60 bits per heavy atom. The van der Waals surface area contributed by atoms with E-state index in [-0.39, 0.29) is 12.0 Å². The largest absolute Gasteiger partial charge is 0.508 e. The normalized spacial score (nSPS) is 33.5. The quantitative estimate of drug-likeness (QED) is 0.822. The first kappa shape index (κ1) is 13.7. The SMILES string of the molecule is OC/C=C/[C@H]1[C@H]2CCC[C@]1(c1cccc(O)c1)CCC2. The highest BCUT2D eigenvalue weighted by Crippen LogP contribution is 2.55. The molecule has 0 radical (unpaired) electrons. The van der Waals surface area contributed by atoms with Crippen LogP contribution in [0.1, 0.15) is 44.1 Å². The number of rotatable bonds is 3. The molecule has 2 aliphatic carbocycles. The molecule has 0 saturated heterocycles. The van der Waals surface area contributed by atoms with Gasteiger partial charge in [0.2, 0.25) is 0 Å². The highest BCUT2D eigenvalue weighted by atomic mass is 16.3. The third kappa shape index (κ3) is 2.26. The van der Waals surface area contributed by atoms with Crippen LogP contribution >= 0.6 is 0 Å². The van der Waals surface area contributed by atoms with Gasteiger partial charge in [-0.2, -0.15) is 0 Å². The zero-order valence-corrected chi connectivity index (χ0v) is 12.0. The molecule has 2 bridgehead atoms. The van der Waals surface area contributed by atoms with Crippen LogP contribution in [0.2, 0.25) is 0 Å². The van der Waals surface area contributed by atoms with Gasteiger partial charge in [-0.1, -0.05) is 37.1 Å². The summed E-state index contributed by atoms with van der Waals surface area (Å²) in [6, 6.07) is 7.84. The molecule has 2 fully saturated rings. The minimum absolute atomic E-state index is 0.124. The number of fused-ring (bicyclic) bond motifs is 2. The van der Waals surface area contributed by atoms with Gasteiger partial charge < -0.3 is 10.2 Å². The molecular formula is C18H24O2. The highest BCUT2D eigenvalue weighted by Gasteiger charge is 2.47. The summed E-state index contributed by atoms with van der Waals surface area (Å²) in [4.78, 5) is 0. The van der Waals surface area contributed by atoms with Crippen LogP contribution in [0, 0.1) is 11.8 Å². The molecule has 0 heterocycles. The second-order valence-corrected chi connectivity index (χ2v) is 6.39. The van der Waals surface area contributed by atoms with Gasteiger partial charge >= 0.3 is 0 Å². The van der Waals surface area contributed by atoms with Gasteiger partial charge in [-0.15, -0.1) is 0 Å². The fourth-order valence-corrected chi connectivity index (χ4v) is 4.62. The van der Waals surface area contributed by atoms with Crippen LogP contribution in [-0.2, 0) is 5.41 Å². The first-order chi connectivity index (χ1) is 9.76. The maximum atomic E-state index is 9.84. The van der Waals surface area contributed by atoms with Gasteiger partial charge in [0, 0.05) is 5.41 Å². The van der Waals surface area contributed by atoms with Gasteiger partial charge in [0.1, 0.15) is 5.75 Å². The third-order valence-corrected chi connectivity index (χ3v) is 5.41. The molecule has 2 N–H and O–H groups in total. The van der Waals surface area contributed by atoms with Crippen LogP contribution in [0.25, 0.3) is 0 Å². The molecule has 20 heavy (non-hydrogen) atoms. The summed E-state index contributed by atoms with van der Waals surface area (Å²) in [6.07, 6.45) is 11.7. The van der Waals surface area contributed by atoms with Crippen LogP contribution in [0.4, 0.5) is 0 Å². The summed E-state index contributed by atoms with van der Waals surface area (Å²) in [5.41, 5.74) is 1.46. The lowest BCUT2D eigenvalue weighted by Gasteiger charge is -2.51. The lowest BCUT2D eigenvalue weighted by Crippen LogP contribution is -2.45. The van der Waals surface area contributed by atoms with Crippen molar-refractivity contribution < 1.29 is 10.2 Å². The Kier molecular flexibility index (Phi) is 3.84. The smallest absolute Gasteiger partial charge is 0.115 e. The van der Waals surface area contributed by atoms with Crippen LogP contribution in [0.5, 0.6) is 5.75 Å². The number of allylic oxidation sites excluding steroid dienone is 1. The molecule has 1 aromatic carbocycles. The van der Waals surface area contributed by atoms with E-state index in [4.69, 9.17) is 5.11 Å². The molecule has 0 unspecified atom stereocenters. The van der Waals surface area contributed by atoms with Gasteiger partial charge in [0.05, 0.1) is 6.61 Å². The molecule has 2 aliphatic rings. The number of aromatic hydroxyl groups is 1. The third-order valence-electron chi connectivity index (χ3n) is 5.41. The van der Waals surface area contributed by atoms with E-state index < -0.39 is 0 Å². The van der Waals surface area contributed by atoms with Crippen molar-refractivity contribution in [3.63, 3.8) is 0 Å². The Morgan fingerprint density at radius 2 is 1.95 bits per heavy atom. The van der Waals surface area contributed by atoms with E-state index >= 15 is 0 Å². The van der Waals surface area contributed by atoms with Crippen LogP contribution < -0.4 is 0 Å². The van der Waals surface area contributed by atoms with Crippen molar-refractivity contribution in [2.24, 2.45) is 11.8 Å². The van der Waals surface area contributed by atoms with Crippen LogP contribution in [-0.4, -0.2) is 16.8 Å². The molecule has 2 nitrogen and oxygen atoms in total. The highest BCUT2D eigenvalue weighted by molar-refractivity contribution is 5.36. The zero-order chi connectivity index (χ0) is 14.0. The molecular weight excluding hydrogens is 248 g/mol. The topological polar surface area (TPSA) is 40.5 Å². The van der Waals surface area contributed by atoms with Gasteiger partial charge in [-0.25, -0.2) is 0 Å². The van der Waals surface area contributed by atoms with E-state index in [1.165, 1.54) is 44.1 Å². The van der Waals surface area contributed by atoms with E-state index in [0.29, 0.717) is 11.7 Å². The molecule has 108 valence electrons. The summed E-state index contributed by atoms with van der Waals surface area (Å²) in [6.45, 7) is 0.124. The summed E-state index contributed by atoms with van der Waals surface area (Å²) in [7, 11) is 0. The lowest BCUT2D eigenvalue weighted by atomic mass is 9.53. The maximum absolute atomic E-state index is 9.84. The average molecular weight is 272 g/mol. The van der Waals surface area contributed by atoms with Crippen molar-refractivity contribution in [1.29, 1.82) is 0 Å². The number of phenols is 1. The molecule has 0 spiro atoms. The van der Waals surface area contributed by atoms with Crippen molar-refractivity contribution in [1.82, 2.24) is 0 Å². The predicted octanol–water partition coefficient (Wildman–Crippen LogP) is 3.78. The number of hydrogen-bond donors (Lipinski definition) is 2. The molecule has 2 heteroatoms. The van der Waals surface area contributed by atoms with E-state index in [1.807, 2.05) is 18.2 Å². The number of aliphatic hydroxyl groups is 1. The number of aliphatic hydroxyl groups excluding tert-OH is 1. The van der Waals surface area contributed by atoms with Crippen molar-refractivity contribution in [2.45, 2.75) is 43.9 Å². The van der Waals surface area contributed by atoms with Crippen molar-refractivity contribution in [3.05, 3.63) is 42.0 Å².